The van der Waals surface area contributed by atoms with E-state index in [0.29, 0.717) is 34.0 Å². The first-order valence-corrected chi connectivity index (χ1v) is 12.2. The second-order valence-electron chi connectivity index (χ2n) is 9.19. The Kier molecular flexibility index (Phi) is 6.47. The van der Waals surface area contributed by atoms with Crippen molar-refractivity contribution in [2.45, 2.75) is 43.7 Å². The Morgan fingerprint density at radius 2 is 1.69 bits per heavy atom. The van der Waals surface area contributed by atoms with Gasteiger partial charge in [-0.1, -0.05) is 49.1 Å². The number of benzene rings is 2. The van der Waals surface area contributed by atoms with Crippen molar-refractivity contribution in [3.63, 3.8) is 0 Å². The normalized spacial score (nSPS) is 15.7. The molecule has 186 valence electrons. The molecule has 4 aromatic rings. The highest BCUT2D eigenvalue weighted by molar-refractivity contribution is 6.37. The topological polar surface area (TPSA) is 59.8 Å². The number of hydrogen-bond donors (Lipinski definition) is 1. The fourth-order valence-electron chi connectivity index (χ4n) is 5.15. The van der Waals surface area contributed by atoms with Gasteiger partial charge in [0.2, 0.25) is 5.95 Å². The van der Waals surface area contributed by atoms with Crippen LogP contribution >= 0.6 is 11.6 Å². The summed E-state index contributed by atoms with van der Waals surface area (Å²) >= 11 is 6.50. The highest BCUT2D eigenvalue weighted by Crippen LogP contribution is 2.40. The van der Waals surface area contributed by atoms with Crippen molar-refractivity contribution in [3.8, 4) is 5.95 Å². The number of nitrogens with one attached hydrogen (secondary N) is 1. The summed E-state index contributed by atoms with van der Waals surface area (Å²) in [6.07, 6.45) is 5.08. The molecule has 5 nitrogen and oxygen atoms in total. The number of carbonyl (C=O) groups excluding carboxylic acids is 1. The SMILES string of the molecule is O=C(NCC1(c2ccc(C(F)(F)F)cc2)CCCCC1)c1cn(-c2ncccn2)c2cccc(Cl)c12. The molecule has 1 fully saturated rings. The molecule has 0 bridgehead atoms. The van der Waals surface area contributed by atoms with E-state index in [4.69, 9.17) is 11.6 Å². The molecule has 0 radical (unpaired) electrons. The Morgan fingerprint density at radius 3 is 2.36 bits per heavy atom. The van der Waals surface area contributed by atoms with E-state index in [1.165, 1.54) is 0 Å². The number of hydrogen-bond acceptors (Lipinski definition) is 3. The third-order valence-electron chi connectivity index (χ3n) is 7.01. The lowest BCUT2D eigenvalue weighted by Gasteiger charge is -2.38. The van der Waals surface area contributed by atoms with E-state index in [1.807, 2.05) is 6.07 Å². The Balaban J connectivity index is 1.46. The van der Waals surface area contributed by atoms with Crippen molar-refractivity contribution in [2.24, 2.45) is 0 Å². The Morgan fingerprint density at radius 1 is 1.00 bits per heavy atom. The van der Waals surface area contributed by atoms with Crippen LogP contribution in [0.4, 0.5) is 13.2 Å². The molecule has 36 heavy (non-hydrogen) atoms. The number of aromatic nitrogens is 3. The third kappa shape index (κ3) is 4.57. The quantitative estimate of drug-likeness (QED) is 0.323. The molecule has 0 atom stereocenters. The number of fused-ring (bicyclic) bond motifs is 1. The Hall–Kier alpha value is -3.39. The molecule has 5 rings (SSSR count). The average molecular weight is 513 g/mol. The maximum atomic E-state index is 13.5. The minimum Gasteiger partial charge on any atom is -0.351 e. The molecule has 0 saturated heterocycles. The van der Waals surface area contributed by atoms with Gasteiger partial charge in [0.05, 0.1) is 21.7 Å². The van der Waals surface area contributed by atoms with E-state index in [2.05, 4.69) is 15.3 Å². The lowest BCUT2D eigenvalue weighted by molar-refractivity contribution is -0.137. The first kappa shape index (κ1) is 24.3. The van der Waals surface area contributed by atoms with Crippen molar-refractivity contribution < 1.29 is 18.0 Å². The predicted molar refractivity (Wildman–Crippen MR) is 132 cm³/mol. The summed E-state index contributed by atoms with van der Waals surface area (Å²) in [6, 6.07) is 12.4. The van der Waals surface area contributed by atoms with Gasteiger partial charge in [0.25, 0.3) is 5.91 Å². The van der Waals surface area contributed by atoms with E-state index < -0.39 is 17.2 Å². The zero-order valence-electron chi connectivity index (χ0n) is 19.4. The first-order valence-electron chi connectivity index (χ1n) is 11.8. The molecule has 2 aromatic carbocycles. The summed E-state index contributed by atoms with van der Waals surface area (Å²) in [5.74, 6) is 0.108. The van der Waals surface area contributed by atoms with Crippen LogP contribution in [-0.2, 0) is 11.6 Å². The van der Waals surface area contributed by atoms with Crippen molar-refractivity contribution in [1.29, 1.82) is 0 Å². The summed E-state index contributed by atoms with van der Waals surface area (Å²) in [4.78, 5) is 22.1. The fraction of sp³-hybridized carbons (Fsp3) is 0.296. The minimum absolute atomic E-state index is 0.306. The first-order chi connectivity index (χ1) is 17.3. The standard InChI is InChI=1S/C27H24ClF3N4O/c28-21-6-4-7-22-23(21)20(16-35(22)25-32-14-5-15-33-25)24(36)34-17-26(12-2-1-3-13-26)18-8-10-19(11-9-18)27(29,30)31/h4-11,14-16H,1-3,12-13,17H2,(H,34,36). The molecule has 1 N–H and O–H groups in total. The second-order valence-corrected chi connectivity index (χ2v) is 9.60. The molecular weight excluding hydrogens is 489 g/mol. The molecular formula is C27H24ClF3N4O. The molecule has 2 heterocycles. The lowest BCUT2D eigenvalue weighted by atomic mass is 9.69. The molecule has 0 unspecified atom stereocenters. The van der Waals surface area contributed by atoms with Gasteiger partial charge in [-0.25, -0.2) is 9.97 Å². The number of rotatable bonds is 5. The van der Waals surface area contributed by atoms with E-state index in [0.717, 1.165) is 49.8 Å². The van der Waals surface area contributed by atoms with Gasteiger partial charge in [-0.3, -0.25) is 9.36 Å². The van der Waals surface area contributed by atoms with Crippen LogP contribution in [0.5, 0.6) is 0 Å². The maximum Gasteiger partial charge on any atom is 0.416 e. The molecule has 1 saturated carbocycles. The molecule has 1 amide bonds. The molecule has 1 aliphatic rings. The van der Waals surface area contributed by atoms with Crippen LogP contribution in [0.2, 0.25) is 5.02 Å². The number of alkyl halides is 3. The van der Waals surface area contributed by atoms with Gasteiger partial charge < -0.3 is 5.32 Å². The molecule has 9 heteroatoms. The summed E-state index contributed by atoms with van der Waals surface area (Å²) in [5.41, 5.74) is 0.804. The Labute approximate surface area is 211 Å². The van der Waals surface area contributed by atoms with Gasteiger partial charge in [-0.05, 0) is 48.7 Å². The maximum absolute atomic E-state index is 13.5. The lowest BCUT2D eigenvalue weighted by Crippen LogP contribution is -2.42. The largest absolute Gasteiger partial charge is 0.416 e. The van der Waals surface area contributed by atoms with Gasteiger partial charge in [-0.15, -0.1) is 0 Å². The number of amides is 1. The summed E-state index contributed by atoms with van der Waals surface area (Å²) in [5, 5.41) is 4.09. The molecule has 1 aliphatic carbocycles. The van der Waals surface area contributed by atoms with E-state index >= 15 is 0 Å². The number of halogens is 4. The highest BCUT2D eigenvalue weighted by Gasteiger charge is 2.36. The summed E-state index contributed by atoms with van der Waals surface area (Å²) in [6.45, 7) is 0.316. The number of carbonyl (C=O) groups is 1. The minimum atomic E-state index is -4.39. The summed E-state index contributed by atoms with van der Waals surface area (Å²) < 4.78 is 41.0. The van der Waals surface area contributed by atoms with Gasteiger partial charge in [-0.2, -0.15) is 13.2 Å². The van der Waals surface area contributed by atoms with Gasteiger partial charge >= 0.3 is 6.18 Å². The molecule has 0 aliphatic heterocycles. The van der Waals surface area contributed by atoms with Gasteiger partial charge in [0.1, 0.15) is 0 Å². The van der Waals surface area contributed by atoms with E-state index in [9.17, 15) is 18.0 Å². The van der Waals surface area contributed by atoms with Crippen LogP contribution < -0.4 is 5.32 Å². The van der Waals surface area contributed by atoms with Crippen molar-refractivity contribution >= 4 is 28.4 Å². The highest BCUT2D eigenvalue weighted by atomic mass is 35.5. The zero-order valence-corrected chi connectivity index (χ0v) is 20.1. The van der Waals surface area contributed by atoms with Crippen molar-refractivity contribution in [2.75, 3.05) is 6.54 Å². The smallest absolute Gasteiger partial charge is 0.351 e. The number of nitrogens with zero attached hydrogens (tertiary/aromatic N) is 3. The monoisotopic (exact) mass is 512 g/mol. The van der Waals surface area contributed by atoms with Crippen LogP contribution in [-0.4, -0.2) is 27.0 Å². The second kappa shape index (κ2) is 9.58. The fourth-order valence-corrected chi connectivity index (χ4v) is 5.42. The van der Waals surface area contributed by atoms with E-state index in [1.54, 1.807) is 53.5 Å². The predicted octanol–water partition coefficient (Wildman–Crippen LogP) is 6.72. The molecule has 2 aromatic heterocycles. The van der Waals surface area contributed by atoms with Crippen LogP contribution in [0.3, 0.4) is 0 Å². The van der Waals surface area contributed by atoms with Crippen LogP contribution in [0.1, 0.15) is 53.6 Å². The third-order valence-corrected chi connectivity index (χ3v) is 7.33. The van der Waals surface area contributed by atoms with Crippen molar-refractivity contribution in [3.05, 3.63) is 88.8 Å². The average Bonchev–Trinajstić information content (AvgIpc) is 3.29. The van der Waals surface area contributed by atoms with Crippen LogP contribution in [0.15, 0.2) is 67.1 Å². The van der Waals surface area contributed by atoms with Crippen LogP contribution in [0, 0.1) is 0 Å². The van der Waals surface area contributed by atoms with Crippen LogP contribution in [0.25, 0.3) is 16.9 Å². The summed E-state index contributed by atoms with van der Waals surface area (Å²) in [7, 11) is 0. The van der Waals surface area contributed by atoms with Gasteiger partial charge in [0, 0.05) is 35.9 Å². The van der Waals surface area contributed by atoms with E-state index in [-0.39, 0.29) is 5.91 Å². The molecule has 0 spiro atoms. The van der Waals surface area contributed by atoms with Crippen molar-refractivity contribution in [1.82, 2.24) is 19.9 Å². The Bertz CT molecular complexity index is 1380. The van der Waals surface area contributed by atoms with Gasteiger partial charge in [0.15, 0.2) is 0 Å². The zero-order chi connectivity index (χ0) is 25.3.